The topological polar surface area (TPSA) is 78.9 Å². The molecule has 0 bridgehead atoms. The molecule has 0 radical (unpaired) electrons. The zero-order chi connectivity index (χ0) is 23.3. The molecule has 32 heavy (non-hydrogen) atoms. The first-order valence-electron chi connectivity index (χ1n) is 10.6. The standard InChI is InChI=1S/C25H31N3O4/c1-25(2,3)15-23(29)28(17-20-8-6-12-31-20)16-18-14-19(10-11-21(18)27(4)5)26-24(30)22-9-7-13-32-22/h6-14H,15-17H2,1-5H3,(H,26,30). The number of furan rings is 2. The third-order valence-electron chi connectivity index (χ3n) is 4.89. The van der Waals surface area contributed by atoms with Crippen molar-refractivity contribution in [2.24, 2.45) is 5.41 Å². The fourth-order valence-electron chi connectivity index (χ4n) is 3.42. The molecule has 0 saturated heterocycles. The normalized spacial score (nSPS) is 11.3. The van der Waals surface area contributed by atoms with Crippen LogP contribution in [0.3, 0.4) is 0 Å². The molecule has 2 aromatic heterocycles. The second-order valence-corrected chi connectivity index (χ2v) is 9.24. The summed E-state index contributed by atoms with van der Waals surface area (Å²) in [4.78, 5) is 29.4. The Hall–Kier alpha value is -3.48. The number of anilines is 2. The predicted molar refractivity (Wildman–Crippen MR) is 124 cm³/mol. The molecule has 170 valence electrons. The van der Waals surface area contributed by atoms with E-state index in [0.717, 1.165) is 17.0 Å². The largest absolute Gasteiger partial charge is 0.467 e. The fraction of sp³-hybridized carbons (Fsp3) is 0.360. The molecular weight excluding hydrogens is 406 g/mol. The SMILES string of the molecule is CN(C)c1ccc(NC(=O)c2ccco2)cc1CN(Cc1ccco1)C(=O)CC(C)(C)C. The number of hydrogen-bond acceptors (Lipinski definition) is 5. The van der Waals surface area contributed by atoms with Crippen LogP contribution in [0.4, 0.5) is 11.4 Å². The molecule has 0 atom stereocenters. The van der Waals surface area contributed by atoms with Crippen LogP contribution in [0.15, 0.2) is 63.8 Å². The second-order valence-electron chi connectivity index (χ2n) is 9.24. The maximum Gasteiger partial charge on any atom is 0.291 e. The van der Waals surface area contributed by atoms with Crippen molar-refractivity contribution in [1.29, 1.82) is 0 Å². The maximum atomic E-state index is 13.2. The smallest absolute Gasteiger partial charge is 0.291 e. The molecular formula is C25H31N3O4. The van der Waals surface area contributed by atoms with E-state index in [2.05, 4.69) is 5.32 Å². The number of benzene rings is 1. The Morgan fingerprint density at radius 2 is 1.69 bits per heavy atom. The lowest BCUT2D eigenvalue weighted by Crippen LogP contribution is -2.33. The van der Waals surface area contributed by atoms with Crippen LogP contribution in [0.1, 0.15) is 49.1 Å². The van der Waals surface area contributed by atoms with Crippen LogP contribution in [-0.4, -0.2) is 30.8 Å². The molecule has 3 rings (SSSR count). The van der Waals surface area contributed by atoms with E-state index in [-0.39, 0.29) is 23.0 Å². The number of amides is 2. The lowest BCUT2D eigenvalue weighted by atomic mass is 9.91. The molecule has 1 aromatic carbocycles. The van der Waals surface area contributed by atoms with Crippen LogP contribution in [0.2, 0.25) is 0 Å². The van der Waals surface area contributed by atoms with Gasteiger partial charge in [0.15, 0.2) is 5.76 Å². The predicted octanol–water partition coefficient (Wildman–Crippen LogP) is 5.16. The van der Waals surface area contributed by atoms with Crippen molar-refractivity contribution in [3.05, 3.63) is 72.1 Å². The third-order valence-corrected chi connectivity index (χ3v) is 4.89. The van der Waals surface area contributed by atoms with E-state index in [9.17, 15) is 9.59 Å². The van der Waals surface area contributed by atoms with Crippen molar-refractivity contribution in [2.75, 3.05) is 24.3 Å². The summed E-state index contributed by atoms with van der Waals surface area (Å²) in [5, 5.41) is 2.86. The summed E-state index contributed by atoms with van der Waals surface area (Å²) in [7, 11) is 3.90. The molecule has 1 N–H and O–H groups in total. The molecule has 0 spiro atoms. The van der Waals surface area contributed by atoms with Crippen LogP contribution < -0.4 is 10.2 Å². The Balaban J connectivity index is 1.88. The zero-order valence-electron chi connectivity index (χ0n) is 19.3. The van der Waals surface area contributed by atoms with Crippen molar-refractivity contribution >= 4 is 23.2 Å². The van der Waals surface area contributed by atoms with Gasteiger partial charge in [-0.25, -0.2) is 0 Å². The van der Waals surface area contributed by atoms with Gasteiger partial charge in [-0.15, -0.1) is 0 Å². The van der Waals surface area contributed by atoms with Gasteiger partial charge >= 0.3 is 0 Å². The number of nitrogens with zero attached hydrogens (tertiary/aromatic N) is 2. The average Bonchev–Trinajstić information content (AvgIpc) is 3.40. The summed E-state index contributed by atoms with van der Waals surface area (Å²) in [6.07, 6.45) is 3.49. The van der Waals surface area contributed by atoms with Crippen molar-refractivity contribution < 1.29 is 18.4 Å². The first kappa shape index (κ1) is 23.2. The van der Waals surface area contributed by atoms with Gasteiger partial charge in [-0.1, -0.05) is 20.8 Å². The monoisotopic (exact) mass is 437 g/mol. The van der Waals surface area contributed by atoms with Crippen LogP contribution in [0.5, 0.6) is 0 Å². The van der Waals surface area contributed by atoms with E-state index >= 15 is 0 Å². The van der Waals surface area contributed by atoms with Gasteiger partial charge in [0, 0.05) is 38.4 Å². The Morgan fingerprint density at radius 3 is 2.28 bits per heavy atom. The fourth-order valence-corrected chi connectivity index (χ4v) is 3.42. The molecule has 2 amide bonds. The third kappa shape index (κ3) is 6.26. The van der Waals surface area contributed by atoms with E-state index in [1.165, 1.54) is 6.26 Å². The zero-order valence-corrected chi connectivity index (χ0v) is 19.3. The van der Waals surface area contributed by atoms with E-state index in [0.29, 0.717) is 25.2 Å². The highest BCUT2D eigenvalue weighted by Gasteiger charge is 2.23. The maximum absolute atomic E-state index is 13.2. The molecule has 3 aromatic rings. The van der Waals surface area contributed by atoms with Gasteiger partial charge in [0.05, 0.1) is 19.1 Å². The van der Waals surface area contributed by atoms with E-state index in [1.54, 1.807) is 23.3 Å². The second kappa shape index (κ2) is 9.77. The summed E-state index contributed by atoms with van der Waals surface area (Å²) in [5.41, 5.74) is 2.38. The lowest BCUT2D eigenvalue weighted by molar-refractivity contribution is -0.134. The minimum Gasteiger partial charge on any atom is -0.467 e. The molecule has 0 fully saturated rings. The van der Waals surface area contributed by atoms with Gasteiger partial charge in [-0.3, -0.25) is 9.59 Å². The summed E-state index contributed by atoms with van der Waals surface area (Å²) in [6, 6.07) is 12.6. The number of nitrogens with one attached hydrogen (secondary N) is 1. The van der Waals surface area contributed by atoms with Gasteiger partial charge in [0.1, 0.15) is 5.76 Å². The summed E-state index contributed by atoms with van der Waals surface area (Å²) >= 11 is 0. The van der Waals surface area contributed by atoms with Gasteiger partial charge < -0.3 is 24.0 Å². The number of carbonyl (C=O) groups excluding carboxylic acids is 2. The summed E-state index contributed by atoms with van der Waals surface area (Å²) in [6.45, 7) is 6.90. The minimum absolute atomic E-state index is 0.0450. The summed E-state index contributed by atoms with van der Waals surface area (Å²) in [5.74, 6) is 0.683. The first-order valence-corrected chi connectivity index (χ1v) is 10.6. The van der Waals surface area contributed by atoms with Gasteiger partial charge in [-0.05, 0) is 53.4 Å². The van der Waals surface area contributed by atoms with Crippen LogP contribution in [0, 0.1) is 5.41 Å². The van der Waals surface area contributed by atoms with Gasteiger partial charge in [0.2, 0.25) is 5.91 Å². The molecule has 0 aliphatic heterocycles. The van der Waals surface area contributed by atoms with E-state index < -0.39 is 0 Å². The number of hydrogen-bond donors (Lipinski definition) is 1. The molecule has 0 unspecified atom stereocenters. The average molecular weight is 438 g/mol. The number of carbonyl (C=O) groups is 2. The molecule has 7 heteroatoms. The lowest BCUT2D eigenvalue weighted by Gasteiger charge is -2.28. The van der Waals surface area contributed by atoms with Crippen molar-refractivity contribution in [3.63, 3.8) is 0 Å². The van der Waals surface area contributed by atoms with E-state index in [1.807, 2.05) is 70.1 Å². The van der Waals surface area contributed by atoms with E-state index in [4.69, 9.17) is 8.83 Å². The molecule has 0 aliphatic rings. The highest BCUT2D eigenvalue weighted by atomic mass is 16.3. The highest BCUT2D eigenvalue weighted by Crippen LogP contribution is 2.27. The molecule has 2 heterocycles. The van der Waals surface area contributed by atoms with Crippen molar-refractivity contribution in [1.82, 2.24) is 4.90 Å². The van der Waals surface area contributed by atoms with Crippen molar-refractivity contribution in [3.8, 4) is 0 Å². The summed E-state index contributed by atoms with van der Waals surface area (Å²) < 4.78 is 10.7. The molecule has 7 nitrogen and oxygen atoms in total. The van der Waals surface area contributed by atoms with Crippen LogP contribution >= 0.6 is 0 Å². The van der Waals surface area contributed by atoms with Gasteiger partial charge in [0.25, 0.3) is 5.91 Å². The molecule has 0 saturated carbocycles. The van der Waals surface area contributed by atoms with Gasteiger partial charge in [-0.2, -0.15) is 0 Å². The van der Waals surface area contributed by atoms with Crippen molar-refractivity contribution in [2.45, 2.75) is 40.3 Å². The Morgan fingerprint density at radius 1 is 0.969 bits per heavy atom. The number of rotatable bonds is 8. The highest BCUT2D eigenvalue weighted by molar-refractivity contribution is 6.02. The quantitative estimate of drug-likeness (QED) is 0.527. The Bertz CT molecular complexity index is 1030. The van der Waals surface area contributed by atoms with Crippen LogP contribution in [-0.2, 0) is 17.9 Å². The first-order chi connectivity index (χ1) is 15.1. The minimum atomic E-state index is -0.324. The Kier molecular flexibility index (Phi) is 7.08. The van der Waals surface area contributed by atoms with Crippen LogP contribution in [0.25, 0.3) is 0 Å². The molecule has 0 aliphatic carbocycles. The Labute approximate surface area is 189 Å².